The second-order valence-electron chi connectivity index (χ2n) is 5.50. The van der Waals surface area contributed by atoms with Gasteiger partial charge in [0.15, 0.2) is 0 Å². The Bertz CT molecular complexity index is 371. The molecule has 2 rings (SSSR count). The molecule has 0 amide bonds. The van der Waals surface area contributed by atoms with E-state index in [0.717, 1.165) is 25.9 Å². The minimum atomic E-state index is -0.0374. The molecular weight excluding hydrogens is 210 g/mol. The van der Waals surface area contributed by atoms with Crippen LogP contribution in [-0.2, 0) is 6.54 Å². The van der Waals surface area contributed by atoms with Crippen molar-refractivity contribution in [3.63, 3.8) is 0 Å². The monoisotopic (exact) mass is 233 g/mol. The van der Waals surface area contributed by atoms with Crippen LogP contribution in [0.15, 0.2) is 12.1 Å². The van der Waals surface area contributed by atoms with E-state index in [4.69, 9.17) is 0 Å². The number of benzene rings is 1. The van der Waals surface area contributed by atoms with E-state index in [2.05, 4.69) is 38.2 Å². The highest BCUT2D eigenvalue weighted by atomic mass is 16.3. The summed E-state index contributed by atoms with van der Waals surface area (Å²) >= 11 is 0. The van der Waals surface area contributed by atoms with Crippen molar-refractivity contribution in [3.8, 4) is 0 Å². The van der Waals surface area contributed by atoms with Gasteiger partial charge >= 0.3 is 0 Å². The first-order chi connectivity index (χ1) is 8.06. The molecule has 94 valence electrons. The van der Waals surface area contributed by atoms with Gasteiger partial charge < -0.3 is 10.4 Å². The Kier molecular flexibility index (Phi) is 3.85. The summed E-state index contributed by atoms with van der Waals surface area (Å²) in [6.07, 6.45) is 1.90. The van der Waals surface area contributed by atoms with Gasteiger partial charge in [0, 0.05) is 6.54 Å². The molecule has 1 saturated carbocycles. The van der Waals surface area contributed by atoms with Gasteiger partial charge in [-0.05, 0) is 62.8 Å². The molecule has 2 N–H and O–H groups in total. The molecule has 1 aromatic carbocycles. The molecule has 1 aromatic rings. The van der Waals surface area contributed by atoms with Crippen LogP contribution in [0.5, 0.6) is 0 Å². The van der Waals surface area contributed by atoms with Crippen molar-refractivity contribution in [3.05, 3.63) is 34.4 Å². The molecule has 0 saturated heterocycles. The average Bonchev–Trinajstić information content (AvgIpc) is 2.18. The summed E-state index contributed by atoms with van der Waals surface area (Å²) in [6.45, 7) is 8.50. The molecular formula is C15H23NO. The lowest BCUT2D eigenvalue weighted by atomic mass is 9.82. The first-order valence-electron chi connectivity index (χ1n) is 6.51. The van der Waals surface area contributed by atoms with E-state index in [-0.39, 0.29) is 6.10 Å². The lowest BCUT2D eigenvalue weighted by molar-refractivity contribution is 0.0429. The van der Waals surface area contributed by atoms with E-state index in [1.54, 1.807) is 0 Å². The van der Waals surface area contributed by atoms with Crippen molar-refractivity contribution >= 4 is 0 Å². The Morgan fingerprint density at radius 3 is 2.29 bits per heavy atom. The zero-order valence-corrected chi connectivity index (χ0v) is 11.1. The summed E-state index contributed by atoms with van der Waals surface area (Å²) in [6, 6.07) is 4.49. The summed E-state index contributed by atoms with van der Waals surface area (Å²) in [5.74, 6) is 0.677. The maximum atomic E-state index is 9.23. The molecule has 1 aliphatic carbocycles. The van der Waals surface area contributed by atoms with Crippen molar-refractivity contribution in [2.24, 2.45) is 5.92 Å². The molecule has 0 aromatic heterocycles. The van der Waals surface area contributed by atoms with Gasteiger partial charge in [-0.15, -0.1) is 0 Å². The van der Waals surface area contributed by atoms with Gasteiger partial charge in [0.05, 0.1) is 6.10 Å². The van der Waals surface area contributed by atoms with E-state index in [0.29, 0.717) is 5.92 Å². The number of hydrogen-bond donors (Lipinski definition) is 2. The predicted molar refractivity (Wildman–Crippen MR) is 71.1 cm³/mol. The summed E-state index contributed by atoms with van der Waals surface area (Å²) in [4.78, 5) is 0. The van der Waals surface area contributed by atoms with Crippen LogP contribution >= 0.6 is 0 Å². The highest BCUT2D eigenvalue weighted by Gasteiger charge is 2.26. The predicted octanol–water partition coefficient (Wildman–Crippen LogP) is 2.47. The van der Waals surface area contributed by atoms with E-state index in [1.165, 1.54) is 22.3 Å². The van der Waals surface area contributed by atoms with Crippen LogP contribution in [0.1, 0.15) is 35.1 Å². The average molecular weight is 233 g/mol. The molecule has 2 heteroatoms. The van der Waals surface area contributed by atoms with Crippen LogP contribution in [0.2, 0.25) is 0 Å². The summed E-state index contributed by atoms with van der Waals surface area (Å²) in [5.41, 5.74) is 5.52. The van der Waals surface area contributed by atoms with Gasteiger partial charge in [-0.1, -0.05) is 17.7 Å². The van der Waals surface area contributed by atoms with Crippen molar-refractivity contribution < 1.29 is 5.11 Å². The molecule has 0 heterocycles. The number of aliphatic hydroxyl groups is 1. The SMILES string of the molecule is Cc1cc(C)c(CNCC2CC(O)C2)c(C)c1. The first-order valence-corrected chi connectivity index (χ1v) is 6.51. The smallest absolute Gasteiger partial charge is 0.0546 e. The van der Waals surface area contributed by atoms with Crippen molar-refractivity contribution in [1.29, 1.82) is 0 Å². The van der Waals surface area contributed by atoms with Crippen LogP contribution < -0.4 is 5.32 Å². The van der Waals surface area contributed by atoms with Crippen LogP contribution in [0.25, 0.3) is 0 Å². The van der Waals surface area contributed by atoms with Gasteiger partial charge in [0.2, 0.25) is 0 Å². The number of rotatable bonds is 4. The van der Waals surface area contributed by atoms with Crippen LogP contribution in [0, 0.1) is 26.7 Å². The Balaban J connectivity index is 1.86. The maximum absolute atomic E-state index is 9.23. The Hall–Kier alpha value is -0.860. The number of aliphatic hydroxyl groups excluding tert-OH is 1. The van der Waals surface area contributed by atoms with Crippen molar-refractivity contribution in [2.45, 2.75) is 46.3 Å². The Labute approximate surface area is 104 Å². The van der Waals surface area contributed by atoms with Gasteiger partial charge in [-0.3, -0.25) is 0 Å². The lowest BCUT2D eigenvalue weighted by Gasteiger charge is -2.31. The van der Waals surface area contributed by atoms with Crippen LogP contribution in [0.4, 0.5) is 0 Å². The zero-order chi connectivity index (χ0) is 12.4. The molecule has 1 fully saturated rings. The van der Waals surface area contributed by atoms with Crippen LogP contribution in [0.3, 0.4) is 0 Å². The summed E-state index contributed by atoms with van der Waals surface area (Å²) in [7, 11) is 0. The molecule has 2 nitrogen and oxygen atoms in total. The summed E-state index contributed by atoms with van der Waals surface area (Å²) < 4.78 is 0. The second-order valence-corrected chi connectivity index (χ2v) is 5.50. The van der Waals surface area contributed by atoms with Crippen molar-refractivity contribution in [1.82, 2.24) is 5.32 Å². The lowest BCUT2D eigenvalue weighted by Crippen LogP contribution is -2.36. The molecule has 0 aliphatic heterocycles. The zero-order valence-electron chi connectivity index (χ0n) is 11.1. The Morgan fingerprint density at radius 2 is 1.76 bits per heavy atom. The highest BCUT2D eigenvalue weighted by Crippen LogP contribution is 2.26. The molecule has 0 bridgehead atoms. The third kappa shape index (κ3) is 3.08. The molecule has 0 spiro atoms. The molecule has 1 aliphatic rings. The summed E-state index contributed by atoms with van der Waals surface area (Å²) in [5, 5.41) is 12.7. The second kappa shape index (κ2) is 5.19. The fourth-order valence-electron chi connectivity index (χ4n) is 2.76. The molecule has 0 radical (unpaired) electrons. The van der Waals surface area contributed by atoms with Gasteiger partial charge in [0.25, 0.3) is 0 Å². The van der Waals surface area contributed by atoms with E-state index in [1.807, 2.05) is 0 Å². The topological polar surface area (TPSA) is 32.3 Å². The van der Waals surface area contributed by atoms with Crippen LogP contribution in [-0.4, -0.2) is 17.8 Å². The van der Waals surface area contributed by atoms with E-state index < -0.39 is 0 Å². The van der Waals surface area contributed by atoms with E-state index >= 15 is 0 Å². The third-order valence-electron chi connectivity index (χ3n) is 3.79. The first kappa shape index (κ1) is 12.6. The van der Waals surface area contributed by atoms with Gasteiger partial charge in [-0.25, -0.2) is 0 Å². The largest absolute Gasteiger partial charge is 0.393 e. The highest BCUT2D eigenvalue weighted by molar-refractivity contribution is 5.37. The van der Waals surface area contributed by atoms with Crippen molar-refractivity contribution in [2.75, 3.05) is 6.54 Å². The Morgan fingerprint density at radius 1 is 1.18 bits per heavy atom. The number of aryl methyl sites for hydroxylation is 3. The molecule has 0 atom stereocenters. The molecule has 17 heavy (non-hydrogen) atoms. The van der Waals surface area contributed by atoms with Gasteiger partial charge in [-0.2, -0.15) is 0 Å². The minimum Gasteiger partial charge on any atom is -0.393 e. The fraction of sp³-hybridized carbons (Fsp3) is 0.600. The normalized spacial score (nSPS) is 23.5. The quantitative estimate of drug-likeness (QED) is 0.837. The standard InChI is InChI=1S/C15H23NO/c1-10-4-11(2)15(12(3)5-10)9-16-8-13-6-14(17)7-13/h4-5,13-14,16-17H,6-9H2,1-3H3. The molecule has 0 unspecified atom stereocenters. The van der Waals surface area contributed by atoms with Gasteiger partial charge in [0.1, 0.15) is 0 Å². The third-order valence-corrected chi connectivity index (χ3v) is 3.79. The maximum Gasteiger partial charge on any atom is 0.0546 e. The number of hydrogen-bond acceptors (Lipinski definition) is 2. The number of nitrogens with one attached hydrogen (secondary N) is 1. The minimum absolute atomic E-state index is 0.0374. The van der Waals surface area contributed by atoms with E-state index in [9.17, 15) is 5.11 Å². The fourth-order valence-corrected chi connectivity index (χ4v) is 2.76.